The van der Waals surface area contributed by atoms with E-state index in [1.54, 1.807) is 0 Å². The van der Waals surface area contributed by atoms with Crippen molar-refractivity contribution in [2.75, 3.05) is 0 Å². The summed E-state index contributed by atoms with van der Waals surface area (Å²) < 4.78 is 0. The van der Waals surface area contributed by atoms with Gasteiger partial charge in [0, 0.05) is 5.01 Å². The first-order chi connectivity index (χ1) is 3.41. The molecule has 0 aliphatic heterocycles. The van der Waals surface area contributed by atoms with Gasteiger partial charge in [-0.15, -0.1) is 0 Å². The Morgan fingerprint density at radius 1 is 1.71 bits per heavy atom. The molecule has 0 unspecified atom stereocenters. The number of unbranched alkanes of at least 4 members (excludes halogenated alkanes) is 2. The second-order valence-corrected chi connectivity index (χ2v) is 1.35. The van der Waals surface area contributed by atoms with E-state index in [0.717, 1.165) is 12.8 Å². The van der Waals surface area contributed by atoms with Crippen molar-refractivity contribution in [3.8, 4) is 6.07 Å². The Kier molecular flexibility index (Phi) is 4.75. The Bertz CT molecular complexity index is 79.8. The van der Waals surface area contributed by atoms with Crippen LogP contribution in [-0.4, -0.2) is 0 Å². The molecule has 0 fully saturated rings. The minimum absolute atomic E-state index is 0.708. The fourth-order valence-corrected chi connectivity index (χ4v) is 0.301. The Balaban J connectivity index is 2.78. The zero-order valence-corrected chi connectivity index (χ0v) is 4.48. The molecular weight excluding hydrogens is 90.1 g/mol. The Hall–Kier alpha value is -0.710. The van der Waals surface area contributed by atoms with Crippen LogP contribution in [0.4, 0.5) is 0 Å². The summed E-state index contributed by atoms with van der Waals surface area (Å²) in [5.74, 6) is 0. The lowest BCUT2D eigenvalue weighted by molar-refractivity contribution is 0.827. The molecule has 0 rings (SSSR count). The van der Waals surface area contributed by atoms with Crippen molar-refractivity contribution < 1.29 is 0 Å². The lowest BCUT2D eigenvalue weighted by Gasteiger charge is -1.75. The maximum atomic E-state index is 9.32. The zero-order chi connectivity index (χ0) is 5.54. The number of nitrogens with zero attached hydrogens (tertiary/aromatic N) is 1. The first-order valence-corrected chi connectivity index (χ1v) is 2.47. The monoisotopic (exact) mass is 99.1 g/mol. The normalized spacial score (nSPS) is 7.00. The lowest BCUT2D eigenvalue weighted by Crippen LogP contribution is -1.63. The summed E-state index contributed by atoms with van der Waals surface area (Å²) in [6.45, 7) is 2.06. The van der Waals surface area contributed by atoms with Crippen LogP contribution in [0, 0.1) is 11.3 Å². The van der Waals surface area contributed by atoms with Crippen LogP contribution in [0.1, 0.15) is 26.2 Å². The van der Waals surface area contributed by atoms with Crippen molar-refractivity contribution in [1.29, 1.82) is 0 Å². The Morgan fingerprint density at radius 3 is 2.86 bits per heavy atom. The molecule has 0 saturated carbocycles. The first-order valence-electron chi connectivity index (χ1n) is 2.47. The van der Waals surface area contributed by atoms with E-state index in [2.05, 4.69) is 18.0 Å². The molecule has 40 valence electrons. The maximum absolute atomic E-state index is 9.32. The van der Waals surface area contributed by atoms with Crippen LogP contribution in [0.15, 0.2) is 0 Å². The van der Waals surface area contributed by atoms with E-state index in [4.69, 9.17) is 0 Å². The minimum atomic E-state index is 0.708. The van der Waals surface area contributed by atoms with Gasteiger partial charge in [0.25, 0.3) is 6.07 Å². The quantitative estimate of drug-likeness (QED) is 0.384. The molecule has 0 saturated heterocycles. The number of hydrogen-bond donors (Lipinski definition) is 0. The van der Waals surface area contributed by atoms with E-state index >= 15 is 0 Å². The van der Waals surface area contributed by atoms with Gasteiger partial charge in [0.05, 0.1) is 6.42 Å². The van der Waals surface area contributed by atoms with Gasteiger partial charge < -0.3 is 5.21 Å². The Morgan fingerprint density at radius 2 is 2.43 bits per heavy atom. The van der Waals surface area contributed by atoms with Gasteiger partial charge >= 0.3 is 0 Å². The van der Waals surface area contributed by atoms with Gasteiger partial charge in [0.1, 0.15) is 0 Å². The highest BCUT2D eigenvalue weighted by molar-refractivity contribution is 4.85. The van der Waals surface area contributed by atoms with Crippen molar-refractivity contribution in [1.82, 2.24) is 0 Å². The Labute approximate surface area is 43.5 Å². The summed E-state index contributed by atoms with van der Waals surface area (Å²) in [6.07, 6.45) is 2.83. The highest BCUT2D eigenvalue weighted by Gasteiger charge is 1.80. The minimum Gasteiger partial charge on any atom is -0.498 e. The molecule has 7 heavy (non-hydrogen) atoms. The molecule has 0 spiro atoms. The van der Waals surface area contributed by atoms with Crippen LogP contribution in [-0.2, 0) is 0 Å². The average Bonchev–Trinajstić information content (AvgIpc) is 1.69. The van der Waals surface area contributed by atoms with Crippen molar-refractivity contribution >= 4 is 0 Å². The lowest BCUT2D eigenvalue weighted by atomic mass is 10.3. The molecule has 0 aromatic carbocycles. The summed E-state index contributed by atoms with van der Waals surface area (Å²) in [5.41, 5.74) is 0. The van der Waals surface area contributed by atoms with Gasteiger partial charge in [-0.05, 0) is 6.42 Å². The molecule has 2 heteroatoms. The standard InChI is InChI=1S/C5H9NO/c1-2-3-4-5-6-7/h2-4H2,1H3. The topological polar surface area (TPSA) is 27.4 Å². The third-order valence-corrected chi connectivity index (χ3v) is 0.707. The molecule has 0 radical (unpaired) electrons. The van der Waals surface area contributed by atoms with Crippen molar-refractivity contribution in [2.24, 2.45) is 0 Å². The molecular formula is C5H9NO. The zero-order valence-electron chi connectivity index (χ0n) is 4.48. The van der Waals surface area contributed by atoms with Crippen molar-refractivity contribution in [2.45, 2.75) is 26.2 Å². The molecule has 0 aromatic heterocycles. The van der Waals surface area contributed by atoms with Gasteiger partial charge in [-0.2, -0.15) is 0 Å². The molecule has 2 nitrogen and oxygen atoms in total. The maximum Gasteiger partial charge on any atom is 0.298 e. The largest absolute Gasteiger partial charge is 0.498 e. The molecule has 0 bridgehead atoms. The van der Waals surface area contributed by atoms with E-state index in [0.29, 0.717) is 6.42 Å². The van der Waals surface area contributed by atoms with Gasteiger partial charge in [0.2, 0.25) is 0 Å². The summed E-state index contributed by atoms with van der Waals surface area (Å²) >= 11 is 0. The van der Waals surface area contributed by atoms with E-state index < -0.39 is 0 Å². The number of rotatable bonds is 2. The molecule has 0 N–H and O–H groups in total. The molecule has 0 atom stereocenters. The van der Waals surface area contributed by atoms with E-state index in [9.17, 15) is 5.21 Å². The molecule has 0 amide bonds. The summed E-state index contributed by atoms with van der Waals surface area (Å²) in [4.78, 5) is 0. The summed E-state index contributed by atoms with van der Waals surface area (Å²) in [7, 11) is 0. The average molecular weight is 99.1 g/mol. The summed E-state index contributed by atoms with van der Waals surface area (Å²) in [6, 6.07) is 2.32. The van der Waals surface area contributed by atoms with E-state index in [-0.39, 0.29) is 0 Å². The van der Waals surface area contributed by atoms with Crippen LogP contribution >= 0.6 is 0 Å². The fourth-order valence-electron chi connectivity index (χ4n) is 0.301. The van der Waals surface area contributed by atoms with E-state index in [1.165, 1.54) is 0 Å². The van der Waals surface area contributed by atoms with Crippen LogP contribution in [0.3, 0.4) is 0 Å². The van der Waals surface area contributed by atoms with Gasteiger partial charge in [-0.3, -0.25) is 0 Å². The molecule has 0 aliphatic carbocycles. The predicted octanol–water partition coefficient (Wildman–Crippen LogP) is 2.01. The predicted molar refractivity (Wildman–Crippen MR) is 30.1 cm³/mol. The smallest absolute Gasteiger partial charge is 0.298 e. The van der Waals surface area contributed by atoms with Gasteiger partial charge in [-0.25, -0.2) is 0 Å². The fraction of sp³-hybridized carbons (Fsp3) is 0.800. The second kappa shape index (κ2) is 5.29. The van der Waals surface area contributed by atoms with Crippen molar-refractivity contribution in [3.05, 3.63) is 10.2 Å². The van der Waals surface area contributed by atoms with Gasteiger partial charge in [0.15, 0.2) is 0 Å². The van der Waals surface area contributed by atoms with Crippen molar-refractivity contribution in [3.63, 3.8) is 0 Å². The highest BCUT2D eigenvalue weighted by atomic mass is 16.4. The molecule has 0 heterocycles. The summed E-state index contributed by atoms with van der Waals surface area (Å²) in [5, 5.41) is 11.8. The first kappa shape index (κ1) is 6.29. The van der Waals surface area contributed by atoms with Crippen LogP contribution < -0.4 is 0 Å². The third-order valence-electron chi connectivity index (χ3n) is 0.707. The second-order valence-electron chi connectivity index (χ2n) is 1.35. The number of hydrogen-bond acceptors (Lipinski definition) is 1. The SMILES string of the molecule is CCCCC#[N+][O-]. The van der Waals surface area contributed by atoms with Crippen LogP contribution in [0.25, 0.3) is 5.01 Å². The van der Waals surface area contributed by atoms with Crippen LogP contribution in [0.2, 0.25) is 0 Å². The van der Waals surface area contributed by atoms with Crippen LogP contribution in [0.5, 0.6) is 0 Å². The molecule has 0 aromatic rings. The third kappa shape index (κ3) is 5.29. The molecule has 0 aliphatic rings. The van der Waals surface area contributed by atoms with Gasteiger partial charge in [-0.1, -0.05) is 13.3 Å². The van der Waals surface area contributed by atoms with E-state index in [1.807, 2.05) is 0 Å². The highest BCUT2D eigenvalue weighted by Crippen LogP contribution is 1.89.